The van der Waals surface area contributed by atoms with E-state index < -0.39 is 41.4 Å². The maximum Gasteiger partial charge on any atom is 0.397 e. The van der Waals surface area contributed by atoms with Crippen molar-refractivity contribution in [1.29, 1.82) is 0 Å². The van der Waals surface area contributed by atoms with Crippen LogP contribution in [0.25, 0.3) is 0 Å². The third-order valence-electron chi connectivity index (χ3n) is 1.99. The van der Waals surface area contributed by atoms with E-state index in [-0.39, 0.29) is 6.61 Å². The molecule has 1 rings (SSSR count). The summed E-state index contributed by atoms with van der Waals surface area (Å²) in [5.41, 5.74) is 0. The SMILES string of the molecule is O=S(=O)(O)OC[C@@H]1OCC(O)C(O)C1O. The largest absolute Gasteiger partial charge is 0.397 e. The van der Waals surface area contributed by atoms with Crippen molar-refractivity contribution >= 4 is 10.4 Å². The van der Waals surface area contributed by atoms with Crippen molar-refractivity contribution in [1.82, 2.24) is 0 Å². The van der Waals surface area contributed by atoms with E-state index in [2.05, 4.69) is 4.18 Å². The van der Waals surface area contributed by atoms with Crippen molar-refractivity contribution in [3.63, 3.8) is 0 Å². The third kappa shape index (κ3) is 3.65. The van der Waals surface area contributed by atoms with Crippen LogP contribution in [0, 0.1) is 0 Å². The average Bonchev–Trinajstić information content (AvgIpc) is 2.12. The first-order chi connectivity index (χ1) is 6.81. The van der Waals surface area contributed by atoms with Crippen LogP contribution in [0.15, 0.2) is 0 Å². The van der Waals surface area contributed by atoms with Gasteiger partial charge in [-0.3, -0.25) is 4.55 Å². The van der Waals surface area contributed by atoms with Crippen molar-refractivity contribution in [2.45, 2.75) is 24.4 Å². The second-order valence-electron chi connectivity index (χ2n) is 3.13. The van der Waals surface area contributed by atoms with Gasteiger partial charge in [0.25, 0.3) is 0 Å². The Bertz CT molecular complexity index is 300. The molecule has 0 amide bonds. The lowest BCUT2D eigenvalue weighted by Crippen LogP contribution is -2.54. The lowest BCUT2D eigenvalue weighted by molar-refractivity contribution is -0.193. The fourth-order valence-corrected chi connectivity index (χ4v) is 1.47. The monoisotopic (exact) mass is 244 g/mol. The lowest BCUT2D eigenvalue weighted by atomic mass is 10.0. The van der Waals surface area contributed by atoms with Crippen LogP contribution in [0.3, 0.4) is 0 Å². The zero-order valence-corrected chi connectivity index (χ0v) is 8.37. The highest BCUT2D eigenvalue weighted by molar-refractivity contribution is 7.80. The van der Waals surface area contributed by atoms with E-state index in [0.29, 0.717) is 0 Å². The molecule has 4 N–H and O–H groups in total. The first-order valence-corrected chi connectivity index (χ1v) is 5.45. The van der Waals surface area contributed by atoms with Crippen LogP contribution in [0.5, 0.6) is 0 Å². The minimum Gasteiger partial charge on any atom is -0.388 e. The number of ether oxygens (including phenoxy) is 1. The number of hydrogen-bond acceptors (Lipinski definition) is 7. The number of aliphatic hydroxyl groups excluding tert-OH is 3. The first kappa shape index (κ1) is 12.8. The van der Waals surface area contributed by atoms with Gasteiger partial charge in [-0.05, 0) is 0 Å². The van der Waals surface area contributed by atoms with E-state index in [4.69, 9.17) is 14.4 Å². The van der Waals surface area contributed by atoms with Gasteiger partial charge in [-0.1, -0.05) is 0 Å². The first-order valence-electron chi connectivity index (χ1n) is 4.09. The van der Waals surface area contributed by atoms with Crippen LogP contribution in [0.2, 0.25) is 0 Å². The zero-order valence-electron chi connectivity index (χ0n) is 7.55. The molecule has 0 bridgehead atoms. The van der Waals surface area contributed by atoms with Gasteiger partial charge < -0.3 is 20.1 Å². The van der Waals surface area contributed by atoms with E-state index >= 15 is 0 Å². The highest BCUT2D eigenvalue weighted by atomic mass is 32.3. The van der Waals surface area contributed by atoms with E-state index in [1.165, 1.54) is 0 Å². The quantitative estimate of drug-likeness (QED) is 0.394. The molecule has 9 heteroatoms. The molecule has 0 aromatic heterocycles. The average molecular weight is 244 g/mol. The van der Waals surface area contributed by atoms with Gasteiger partial charge in [-0.15, -0.1) is 0 Å². The maximum absolute atomic E-state index is 10.2. The summed E-state index contributed by atoms with van der Waals surface area (Å²) in [4.78, 5) is 0. The molecule has 0 saturated carbocycles. The standard InChI is InChI=1S/C6H12O8S/c7-3-1-13-4(6(9)5(3)8)2-14-15(10,11)12/h3-9H,1-2H2,(H,10,11,12)/t3?,4-,5?,6?/m0/s1. The van der Waals surface area contributed by atoms with Gasteiger partial charge in [0.1, 0.15) is 24.4 Å². The van der Waals surface area contributed by atoms with Crippen LogP contribution in [0.4, 0.5) is 0 Å². The Hall–Kier alpha value is -0.290. The maximum atomic E-state index is 10.2. The Morgan fingerprint density at radius 3 is 2.40 bits per heavy atom. The summed E-state index contributed by atoms with van der Waals surface area (Å²) >= 11 is 0. The molecule has 0 aromatic carbocycles. The van der Waals surface area contributed by atoms with Gasteiger partial charge in [0.05, 0.1) is 13.2 Å². The summed E-state index contributed by atoms with van der Waals surface area (Å²) in [6.45, 7) is -0.887. The molecule has 1 aliphatic heterocycles. The Labute approximate surface area is 86.0 Å². The Morgan fingerprint density at radius 2 is 1.87 bits per heavy atom. The van der Waals surface area contributed by atoms with Crippen LogP contribution >= 0.6 is 0 Å². The molecule has 1 saturated heterocycles. The molecule has 3 unspecified atom stereocenters. The van der Waals surface area contributed by atoms with Crippen LogP contribution < -0.4 is 0 Å². The minimum atomic E-state index is -4.61. The number of aliphatic hydroxyl groups is 3. The molecule has 0 aromatic rings. The van der Waals surface area contributed by atoms with Crippen LogP contribution in [0.1, 0.15) is 0 Å². The molecular formula is C6H12O8S. The molecule has 1 heterocycles. The topological polar surface area (TPSA) is 134 Å². The number of hydrogen-bond donors (Lipinski definition) is 4. The zero-order chi connectivity index (χ0) is 11.6. The van der Waals surface area contributed by atoms with Gasteiger partial charge in [-0.2, -0.15) is 8.42 Å². The fourth-order valence-electron chi connectivity index (χ4n) is 1.17. The second-order valence-corrected chi connectivity index (χ2v) is 4.22. The van der Waals surface area contributed by atoms with Crippen molar-refractivity contribution < 1.29 is 37.2 Å². The van der Waals surface area contributed by atoms with E-state index in [1.54, 1.807) is 0 Å². The summed E-state index contributed by atoms with van der Waals surface area (Å²) in [6, 6.07) is 0. The summed E-state index contributed by atoms with van der Waals surface area (Å²) in [7, 11) is -4.61. The summed E-state index contributed by atoms with van der Waals surface area (Å²) in [5.74, 6) is 0. The van der Waals surface area contributed by atoms with Crippen LogP contribution in [-0.4, -0.2) is 65.9 Å². The molecule has 4 atom stereocenters. The second kappa shape index (κ2) is 4.70. The van der Waals surface area contributed by atoms with Gasteiger partial charge in [0, 0.05) is 0 Å². The summed E-state index contributed by atoms with van der Waals surface area (Å²) < 4.78 is 37.5. The van der Waals surface area contributed by atoms with Gasteiger partial charge in [0.2, 0.25) is 0 Å². The van der Waals surface area contributed by atoms with Crippen molar-refractivity contribution in [2.75, 3.05) is 13.2 Å². The normalized spacial score (nSPS) is 37.9. The highest BCUT2D eigenvalue weighted by Crippen LogP contribution is 2.16. The van der Waals surface area contributed by atoms with Crippen molar-refractivity contribution in [3.8, 4) is 0 Å². The molecule has 0 aliphatic carbocycles. The Balaban J connectivity index is 2.50. The predicted octanol–water partition coefficient (Wildman–Crippen LogP) is -2.71. The van der Waals surface area contributed by atoms with Gasteiger partial charge >= 0.3 is 10.4 Å². The molecular weight excluding hydrogens is 232 g/mol. The van der Waals surface area contributed by atoms with Gasteiger partial charge in [0.15, 0.2) is 0 Å². The predicted molar refractivity (Wildman–Crippen MR) is 45.3 cm³/mol. The minimum absolute atomic E-state index is 0.252. The molecule has 8 nitrogen and oxygen atoms in total. The number of rotatable bonds is 3. The molecule has 15 heavy (non-hydrogen) atoms. The smallest absolute Gasteiger partial charge is 0.388 e. The summed E-state index contributed by atoms with van der Waals surface area (Å²) in [6.07, 6.45) is -5.27. The van der Waals surface area contributed by atoms with Crippen LogP contribution in [-0.2, 0) is 19.3 Å². The molecule has 90 valence electrons. The molecule has 0 spiro atoms. The molecule has 0 radical (unpaired) electrons. The molecule has 1 fully saturated rings. The lowest BCUT2D eigenvalue weighted by Gasteiger charge is -2.34. The van der Waals surface area contributed by atoms with E-state index in [0.717, 1.165) is 0 Å². The fraction of sp³-hybridized carbons (Fsp3) is 1.00. The van der Waals surface area contributed by atoms with E-state index in [9.17, 15) is 18.6 Å². The highest BCUT2D eigenvalue weighted by Gasteiger charge is 2.38. The van der Waals surface area contributed by atoms with Crippen molar-refractivity contribution in [3.05, 3.63) is 0 Å². The Morgan fingerprint density at radius 1 is 1.27 bits per heavy atom. The van der Waals surface area contributed by atoms with Crippen molar-refractivity contribution in [2.24, 2.45) is 0 Å². The van der Waals surface area contributed by atoms with Gasteiger partial charge in [-0.25, -0.2) is 4.18 Å². The third-order valence-corrected chi connectivity index (χ3v) is 2.42. The summed E-state index contributed by atoms with van der Waals surface area (Å²) in [5, 5.41) is 27.6. The molecule has 1 aliphatic rings. The van der Waals surface area contributed by atoms with E-state index in [1.807, 2.05) is 0 Å². The Kier molecular flexibility index (Phi) is 4.00.